The highest BCUT2D eigenvalue weighted by Crippen LogP contribution is 2.13. The molecule has 0 aliphatic heterocycles. The summed E-state index contributed by atoms with van der Waals surface area (Å²) in [5.41, 5.74) is 0.484. The quantitative estimate of drug-likeness (QED) is 0.856. The van der Waals surface area contributed by atoms with Crippen molar-refractivity contribution in [1.29, 1.82) is 0 Å². The summed E-state index contributed by atoms with van der Waals surface area (Å²) in [6, 6.07) is 7.57. The van der Waals surface area contributed by atoms with E-state index in [1.54, 1.807) is 0 Å². The van der Waals surface area contributed by atoms with Crippen LogP contribution in [-0.2, 0) is 6.42 Å². The maximum Gasteiger partial charge on any atom is 0.293 e. The molecule has 0 spiro atoms. The number of benzene rings is 1. The number of hydrogen-bond donors (Lipinski definition) is 2. The van der Waals surface area contributed by atoms with Gasteiger partial charge in [-0.1, -0.05) is 12.1 Å². The first-order valence-electron chi connectivity index (χ1n) is 5.68. The molecule has 1 aromatic heterocycles. The van der Waals surface area contributed by atoms with Gasteiger partial charge in [0.1, 0.15) is 11.6 Å². The molecule has 1 aromatic carbocycles. The normalized spacial score (nSPS) is 10.3. The zero-order valence-electron chi connectivity index (χ0n) is 10.0. The van der Waals surface area contributed by atoms with Gasteiger partial charge in [-0.2, -0.15) is 0 Å². The van der Waals surface area contributed by atoms with Gasteiger partial charge in [0.05, 0.1) is 12.8 Å². The van der Waals surface area contributed by atoms with Gasteiger partial charge in [0.15, 0.2) is 5.75 Å². The van der Waals surface area contributed by atoms with Crippen molar-refractivity contribution in [1.82, 2.24) is 9.97 Å². The van der Waals surface area contributed by atoms with Crippen LogP contribution in [0.5, 0.6) is 11.5 Å². The van der Waals surface area contributed by atoms with Crippen molar-refractivity contribution >= 4 is 0 Å². The van der Waals surface area contributed by atoms with Crippen molar-refractivity contribution < 1.29 is 9.84 Å². The molecule has 94 valence electrons. The van der Waals surface area contributed by atoms with E-state index in [2.05, 4.69) is 9.97 Å². The largest absolute Gasteiger partial charge is 0.502 e. The summed E-state index contributed by atoms with van der Waals surface area (Å²) in [6.45, 7) is 2.56. The Bertz CT molecular complexity index is 576. The van der Waals surface area contributed by atoms with Gasteiger partial charge in [0.2, 0.25) is 0 Å². The number of ether oxygens (including phenoxy) is 1. The zero-order valence-corrected chi connectivity index (χ0v) is 10.0. The number of hydrogen-bond acceptors (Lipinski definition) is 4. The minimum Gasteiger partial charge on any atom is -0.502 e. The van der Waals surface area contributed by atoms with Gasteiger partial charge in [0, 0.05) is 6.42 Å². The standard InChI is InChI=1S/C13H14N2O3/c1-2-18-10-5-3-9(4-6-10)7-12-14-8-11(16)13(17)15-12/h3-6,8,16H,2,7H2,1H3,(H,14,15,17). The van der Waals surface area contributed by atoms with Crippen LogP contribution in [0.1, 0.15) is 18.3 Å². The van der Waals surface area contributed by atoms with Crippen LogP contribution in [0.2, 0.25) is 0 Å². The van der Waals surface area contributed by atoms with Gasteiger partial charge in [-0.3, -0.25) is 4.79 Å². The number of aromatic amines is 1. The van der Waals surface area contributed by atoms with Gasteiger partial charge >= 0.3 is 0 Å². The van der Waals surface area contributed by atoms with Gasteiger partial charge in [0.25, 0.3) is 5.56 Å². The van der Waals surface area contributed by atoms with Crippen LogP contribution in [-0.4, -0.2) is 21.7 Å². The van der Waals surface area contributed by atoms with E-state index in [0.29, 0.717) is 18.9 Å². The molecule has 18 heavy (non-hydrogen) atoms. The first-order chi connectivity index (χ1) is 8.69. The van der Waals surface area contributed by atoms with Crippen LogP contribution < -0.4 is 10.3 Å². The summed E-state index contributed by atoms with van der Waals surface area (Å²) in [6.07, 6.45) is 1.66. The molecule has 2 aromatic rings. The van der Waals surface area contributed by atoms with E-state index in [4.69, 9.17) is 9.84 Å². The molecule has 0 bridgehead atoms. The summed E-state index contributed by atoms with van der Waals surface area (Å²) in [4.78, 5) is 17.7. The smallest absolute Gasteiger partial charge is 0.293 e. The Morgan fingerprint density at radius 3 is 2.67 bits per heavy atom. The summed E-state index contributed by atoms with van der Waals surface area (Å²) in [7, 11) is 0. The molecule has 0 aliphatic rings. The molecule has 0 saturated carbocycles. The fourth-order valence-electron chi connectivity index (χ4n) is 1.58. The SMILES string of the molecule is CCOc1ccc(Cc2ncc(O)c(=O)[nH]2)cc1. The average molecular weight is 246 g/mol. The second-order valence-electron chi connectivity index (χ2n) is 3.80. The van der Waals surface area contributed by atoms with E-state index in [1.165, 1.54) is 0 Å². The van der Waals surface area contributed by atoms with E-state index >= 15 is 0 Å². The number of rotatable bonds is 4. The molecule has 0 aliphatic carbocycles. The highest BCUT2D eigenvalue weighted by Gasteiger charge is 2.02. The van der Waals surface area contributed by atoms with E-state index in [-0.39, 0.29) is 5.75 Å². The van der Waals surface area contributed by atoms with Crippen molar-refractivity contribution in [2.24, 2.45) is 0 Å². The van der Waals surface area contributed by atoms with E-state index in [1.807, 2.05) is 31.2 Å². The van der Waals surface area contributed by atoms with Crippen LogP contribution in [0.15, 0.2) is 35.3 Å². The summed E-state index contributed by atoms with van der Waals surface area (Å²) < 4.78 is 5.34. The second kappa shape index (κ2) is 5.35. The van der Waals surface area contributed by atoms with Crippen molar-refractivity contribution in [2.75, 3.05) is 6.61 Å². The van der Waals surface area contributed by atoms with Crippen LogP contribution in [0.3, 0.4) is 0 Å². The Balaban J connectivity index is 2.13. The van der Waals surface area contributed by atoms with Crippen molar-refractivity contribution in [2.45, 2.75) is 13.3 Å². The molecular weight excluding hydrogens is 232 g/mol. The van der Waals surface area contributed by atoms with Crippen molar-refractivity contribution in [3.63, 3.8) is 0 Å². The van der Waals surface area contributed by atoms with Crippen LogP contribution in [0.25, 0.3) is 0 Å². The Hall–Kier alpha value is -2.30. The van der Waals surface area contributed by atoms with E-state index < -0.39 is 5.56 Å². The van der Waals surface area contributed by atoms with Crippen molar-refractivity contribution in [3.8, 4) is 11.5 Å². The first-order valence-corrected chi connectivity index (χ1v) is 5.68. The number of H-pyrrole nitrogens is 1. The van der Waals surface area contributed by atoms with Crippen LogP contribution in [0, 0.1) is 0 Å². The van der Waals surface area contributed by atoms with Gasteiger partial charge in [-0.15, -0.1) is 0 Å². The minimum atomic E-state index is -0.522. The molecular formula is C13H14N2O3. The molecule has 0 radical (unpaired) electrons. The monoisotopic (exact) mass is 246 g/mol. The Kier molecular flexibility index (Phi) is 3.62. The molecule has 0 saturated heterocycles. The third-order valence-electron chi connectivity index (χ3n) is 2.44. The zero-order chi connectivity index (χ0) is 13.0. The molecule has 2 rings (SSSR count). The number of nitrogens with one attached hydrogen (secondary N) is 1. The third kappa shape index (κ3) is 2.88. The molecule has 1 heterocycles. The second-order valence-corrected chi connectivity index (χ2v) is 3.80. The first kappa shape index (κ1) is 12.2. The fourth-order valence-corrected chi connectivity index (χ4v) is 1.58. The molecule has 0 amide bonds. The summed E-state index contributed by atoms with van der Waals surface area (Å²) in [5.74, 6) is 0.959. The Morgan fingerprint density at radius 1 is 1.33 bits per heavy atom. The Morgan fingerprint density at radius 2 is 2.06 bits per heavy atom. The topological polar surface area (TPSA) is 75.2 Å². The molecule has 0 atom stereocenters. The lowest BCUT2D eigenvalue weighted by Gasteiger charge is -2.04. The van der Waals surface area contributed by atoms with E-state index in [9.17, 15) is 4.79 Å². The number of aromatic hydroxyl groups is 1. The maximum atomic E-state index is 11.2. The predicted octanol–water partition coefficient (Wildman–Crippen LogP) is 1.46. The minimum absolute atomic E-state index is 0.370. The number of aromatic nitrogens is 2. The summed E-state index contributed by atoms with van der Waals surface area (Å²) in [5, 5.41) is 9.08. The molecule has 0 unspecified atom stereocenters. The summed E-state index contributed by atoms with van der Waals surface area (Å²) >= 11 is 0. The van der Waals surface area contributed by atoms with Crippen LogP contribution in [0.4, 0.5) is 0 Å². The maximum absolute atomic E-state index is 11.2. The van der Waals surface area contributed by atoms with Crippen molar-refractivity contribution in [3.05, 3.63) is 52.2 Å². The van der Waals surface area contributed by atoms with E-state index in [0.717, 1.165) is 17.5 Å². The lowest BCUT2D eigenvalue weighted by atomic mass is 10.1. The predicted molar refractivity (Wildman–Crippen MR) is 66.9 cm³/mol. The Labute approximate surface area is 104 Å². The van der Waals surface area contributed by atoms with Gasteiger partial charge in [-0.25, -0.2) is 4.98 Å². The lowest BCUT2D eigenvalue weighted by molar-refractivity contribution is 0.340. The van der Waals surface area contributed by atoms with Gasteiger partial charge in [-0.05, 0) is 24.6 Å². The molecule has 2 N–H and O–H groups in total. The molecule has 0 fully saturated rings. The average Bonchev–Trinajstić information content (AvgIpc) is 2.37. The number of nitrogens with zero attached hydrogens (tertiary/aromatic N) is 1. The highest BCUT2D eigenvalue weighted by atomic mass is 16.5. The third-order valence-corrected chi connectivity index (χ3v) is 2.44. The lowest BCUT2D eigenvalue weighted by Crippen LogP contribution is -2.10. The molecule has 5 heteroatoms. The van der Waals surface area contributed by atoms with Gasteiger partial charge < -0.3 is 14.8 Å². The fraction of sp³-hybridized carbons (Fsp3) is 0.231. The molecule has 5 nitrogen and oxygen atoms in total. The highest BCUT2D eigenvalue weighted by molar-refractivity contribution is 5.29. The van der Waals surface area contributed by atoms with Crippen LogP contribution >= 0.6 is 0 Å².